The van der Waals surface area contributed by atoms with Gasteiger partial charge in [-0.15, -0.1) is 0 Å². The Labute approximate surface area is 119 Å². The van der Waals surface area contributed by atoms with Crippen molar-refractivity contribution in [2.24, 2.45) is 0 Å². The fourth-order valence-electron chi connectivity index (χ4n) is 2.70. The highest BCUT2D eigenvalue weighted by Crippen LogP contribution is 2.31. The molecule has 0 saturated heterocycles. The second kappa shape index (κ2) is 5.22. The smallest absolute Gasteiger partial charge is 0.0541 e. The molecule has 3 aromatic rings. The lowest BCUT2D eigenvalue weighted by Gasteiger charge is -2.08. The number of hydrogen-bond donors (Lipinski definition) is 0. The molecule has 0 aliphatic heterocycles. The quantitative estimate of drug-likeness (QED) is 0.555. The van der Waals surface area contributed by atoms with Gasteiger partial charge in [-0.25, -0.2) is 0 Å². The first kappa shape index (κ1) is 12.5. The molecule has 0 unspecified atom stereocenters. The first-order valence-corrected chi connectivity index (χ1v) is 6.81. The third kappa shape index (κ3) is 1.88. The number of nitrogens with zero attached hydrogens (tertiary/aromatic N) is 1. The molecule has 0 amide bonds. The molecular weight excluding hydrogens is 242 g/mol. The van der Waals surface area contributed by atoms with E-state index in [2.05, 4.69) is 71.8 Å². The summed E-state index contributed by atoms with van der Waals surface area (Å²) in [6.07, 6.45) is 8.04. The summed E-state index contributed by atoms with van der Waals surface area (Å²) in [6, 6.07) is 17.0. The molecule has 0 radical (unpaired) electrons. The van der Waals surface area contributed by atoms with Crippen LogP contribution in [-0.2, 0) is 0 Å². The third-order valence-corrected chi connectivity index (χ3v) is 3.46. The highest BCUT2D eigenvalue weighted by Gasteiger charge is 2.10. The minimum atomic E-state index is 1.12. The van der Waals surface area contributed by atoms with Crippen LogP contribution in [0.4, 0.5) is 0 Å². The van der Waals surface area contributed by atoms with Gasteiger partial charge >= 0.3 is 0 Å². The van der Waals surface area contributed by atoms with Crippen molar-refractivity contribution in [3.8, 4) is 0 Å². The van der Waals surface area contributed by atoms with E-state index < -0.39 is 0 Å². The number of benzene rings is 2. The van der Waals surface area contributed by atoms with Gasteiger partial charge in [0.15, 0.2) is 0 Å². The van der Waals surface area contributed by atoms with Gasteiger partial charge in [-0.3, -0.25) is 0 Å². The molecule has 0 bridgehead atoms. The van der Waals surface area contributed by atoms with Gasteiger partial charge < -0.3 is 4.57 Å². The Morgan fingerprint density at radius 1 is 0.950 bits per heavy atom. The molecule has 1 heteroatoms. The van der Waals surface area contributed by atoms with Crippen molar-refractivity contribution in [2.45, 2.75) is 6.92 Å². The number of aromatic nitrogens is 1. The number of rotatable bonds is 3. The molecule has 2 aromatic carbocycles. The molecule has 1 heterocycles. The van der Waals surface area contributed by atoms with E-state index in [1.165, 1.54) is 21.8 Å². The highest BCUT2D eigenvalue weighted by molar-refractivity contribution is 6.10. The van der Waals surface area contributed by atoms with E-state index in [9.17, 15) is 0 Å². The summed E-state index contributed by atoms with van der Waals surface area (Å²) in [4.78, 5) is 0. The first-order chi connectivity index (χ1) is 9.86. The van der Waals surface area contributed by atoms with Crippen LogP contribution in [0.25, 0.3) is 27.5 Å². The van der Waals surface area contributed by atoms with E-state index in [4.69, 9.17) is 0 Å². The maximum absolute atomic E-state index is 3.83. The van der Waals surface area contributed by atoms with Crippen LogP contribution in [0.3, 0.4) is 0 Å². The van der Waals surface area contributed by atoms with E-state index in [1.54, 1.807) is 0 Å². The number of fused-ring (bicyclic) bond motifs is 3. The van der Waals surface area contributed by atoms with Crippen molar-refractivity contribution < 1.29 is 0 Å². The van der Waals surface area contributed by atoms with Crippen LogP contribution < -0.4 is 0 Å². The predicted molar refractivity (Wildman–Crippen MR) is 88.7 cm³/mol. The topological polar surface area (TPSA) is 4.93 Å². The summed E-state index contributed by atoms with van der Waals surface area (Å²) >= 11 is 0. The van der Waals surface area contributed by atoms with Gasteiger partial charge in [-0.2, -0.15) is 0 Å². The SMILES string of the molecule is C=C/C=C(\C=C/C)n1c2ccccc2c2ccccc21. The van der Waals surface area contributed by atoms with Crippen LogP contribution in [-0.4, -0.2) is 4.57 Å². The molecule has 98 valence electrons. The lowest BCUT2D eigenvalue weighted by molar-refractivity contribution is 1.24. The van der Waals surface area contributed by atoms with Crippen LogP contribution in [0.1, 0.15) is 6.92 Å². The molecule has 0 aliphatic rings. The van der Waals surface area contributed by atoms with Crippen molar-refractivity contribution in [1.82, 2.24) is 4.57 Å². The first-order valence-electron chi connectivity index (χ1n) is 6.81. The average molecular weight is 259 g/mol. The zero-order valence-corrected chi connectivity index (χ0v) is 11.6. The minimum absolute atomic E-state index is 1.12. The van der Waals surface area contributed by atoms with E-state index in [1.807, 2.05) is 19.1 Å². The number of para-hydroxylation sites is 2. The zero-order valence-electron chi connectivity index (χ0n) is 11.6. The molecular formula is C19H17N. The standard InChI is InChI=1S/C19H17N/c1-3-9-15(10-4-2)20-18-13-7-5-11-16(18)17-12-6-8-14-19(17)20/h3-14H,1H2,2H3/b10-4-,15-9+. The molecule has 0 saturated carbocycles. The Morgan fingerprint density at radius 2 is 1.50 bits per heavy atom. The van der Waals surface area contributed by atoms with Gasteiger partial charge in [0, 0.05) is 16.5 Å². The predicted octanol–water partition coefficient (Wildman–Crippen LogP) is 5.40. The fraction of sp³-hybridized carbons (Fsp3) is 0.0526. The van der Waals surface area contributed by atoms with Crippen LogP contribution in [0.5, 0.6) is 0 Å². The van der Waals surface area contributed by atoms with Gasteiger partial charge in [-0.05, 0) is 31.2 Å². The maximum atomic E-state index is 3.83. The van der Waals surface area contributed by atoms with Gasteiger partial charge in [0.05, 0.1) is 11.0 Å². The second-order valence-electron chi connectivity index (χ2n) is 4.70. The molecule has 1 aromatic heterocycles. The lowest BCUT2D eigenvalue weighted by Crippen LogP contribution is -1.93. The van der Waals surface area contributed by atoms with Crippen molar-refractivity contribution >= 4 is 27.5 Å². The summed E-state index contributed by atoms with van der Waals surface area (Å²) in [5.74, 6) is 0. The molecule has 0 N–H and O–H groups in total. The molecule has 0 atom stereocenters. The van der Waals surface area contributed by atoms with Crippen LogP contribution >= 0.6 is 0 Å². The average Bonchev–Trinajstić information content (AvgIpc) is 2.82. The largest absolute Gasteiger partial charge is 0.309 e. The summed E-state index contributed by atoms with van der Waals surface area (Å²) in [5, 5.41) is 2.56. The summed E-state index contributed by atoms with van der Waals surface area (Å²) < 4.78 is 2.28. The van der Waals surface area contributed by atoms with E-state index in [0.29, 0.717) is 0 Å². The van der Waals surface area contributed by atoms with Gasteiger partial charge in [0.2, 0.25) is 0 Å². The van der Waals surface area contributed by atoms with Crippen molar-refractivity contribution in [1.29, 1.82) is 0 Å². The zero-order chi connectivity index (χ0) is 13.9. The monoisotopic (exact) mass is 259 g/mol. The molecule has 0 spiro atoms. The Hall–Kier alpha value is -2.54. The second-order valence-corrected chi connectivity index (χ2v) is 4.70. The Balaban J connectivity index is 2.48. The Kier molecular flexibility index (Phi) is 3.26. The Bertz CT molecular complexity index is 778. The van der Waals surface area contributed by atoms with Gasteiger partial charge in [0.25, 0.3) is 0 Å². The minimum Gasteiger partial charge on any atom is -0.309 e. The summed E-state index contributed by atoms with van der Waals surface area (Å²) in [6.45, 7) is 5.86. The van der Waals surface area contributed by atoms with Crippen LogP contribution in [0, 0.1) is 0 Å². The van der Waals surface area contributed by atoms with Crippen molar-refractivity contribution in [3.05, 3.63) is 79.4 Å². The number of hydrogen-bond acceptors (Lipinski definition) is 0. The Morgan fingerprint density at radius 3 is 2.00 bits per heavy atom. The maximum Gasteiger partial charge on any atom is 0.0541 e. The molecule has 20 heavy (non-hydrogen) atoms. The van der Waals surface area contributed by atoms with E-state index in [-0.39, 0.29) is 0 Å². The highest BCUT2D eigenvalue weighted by atomic mass is 15.0. The number of allylic oxidation sites excluding steroid dienone is 5. The summed E-state index contributed by atoms with van der Waals surface area (Å²) in [5.41, 5.74) is 3.57. The van der Waals surface area contributed by atoms with E-state index >= 15 is 0 Å². The van der Waals surface area contributed by atoms with Crippen LogP contribution in [0.2, 0.25) is 0 Å². The van der Waals surface area contributed by atoms with Crippen molar-refractivity contribution in [3.63, 3.8) is 0 Å². The molecule has 1 nitrogen and oxygen atoms in total. The van der Waals surface area contributed by atoms with Gasteiger partial charge in [0.1, 0.15) is 0 Å². The summed E-state index contributed by atoms with van der Waals surface area (Å²) in [7, 11) is 0. The lowest BCUT2D eigenvalue weighted by atomic mass is 10.2. The third-order valence-electron chi connectivity index (χ3n) is 3.46. The van der Waals surface area contributed by atoms with E-state index in [0.717, 1.165) is 5.70 Å². The molecule has 0 aliphatic carbocycles. The molecule has 0 fully saturated rings. The van der Waals surface area contributed by atoms with Crippen LogP contribution in [0.15, 0.2) is 79.4 Å². The molecule has 3 rings (SSSR count). The normalized spacial score (nSPS) is 12.6. The fourth-order valence-corrected chi connectivity index (χ4v) is 2.70. The van der Waals surface area contributed by atoms with Crippen molar-refractivity contribution in [2.75, 3.05) is 0 Å². The van der Waals surface area contributed by atoms with Gasteiger partial charge in [-0.1, -0.05) is 55.1 Å².